The Kier molecular flexibility index (Phi) is 6.64. The summed E-state index contributed by atoms with van der Waals surface area (Å²) in [5, 5.41) is 7.82. The zero-order valence-electron chi connectivity index (χ0n) is 13.5. The van der Waals surface area contributed by atoms with Crippen molar-refractivity contribution in [1.82, 2.24) is 10.6 Å². The number of benzene rings is 2. The molecule has 2 rings (SSSR count). The monoisotopic (exact) mass is 327 g/mol. The Morgan fingerprint density at radius 3 is 2.46 bits per heavy atom. The van der Waals surface area contributed by atoms with Gasteiger partial charge in [-0.05, 0) is 30.7 Å². The van der Waals surface area contributed by atoms with Crippen LogP contribution in [0.15, 0.2) is 54.6 Å². The fourth-order valence-corrected chi connectivity index (χ4v) is 1.95. The van der Waals surface area contributed by atoms with Crippen molar-refractivity contribution in [3.8, 4) is 11.5 Å². The predicted octanol–water partition coefficient (Wildman–Crippen LogP) is 3.13. The topological polar surface area (TPSA) is 79.5 Å². The van der Waals surface area contributed by atoms with Crippen LogP contribution in [0.1, 0.15) is 13.3 Å². The van der Waals surface area contributed by atoms with Crippen molar-refractivity contribution < 1.29 is 14.3 Å². The number of urea groups is 1. The van der Waals surface area contributed by atoms with Gasteiger partial charge < -0.3 is 15.4 Å². The second-order valence-corrected chi connectivity index (χ2v) is 5.07. The molecule has 6 heteroatoms. The normalized spacial score (nSPS) is 9.88. The summed E-state index contributed by atoms with van der Waals surface area (Å²) in [6.07, 6.45) is 0.810. The quantitative estimate of drug-likeness (QED) is 0.730. The predicted molar refractivity (Wildman–Crippen MR) is 93.3 cm³/mol. The number of rotatable bonds is 7. The van der Waals surface area contributed by atoms with Gasteiger partial charge in [0.25, 0.3) is 0 Å². The maximum atomic E-state index is 11.8. The van der Waals surface area contributed by atoms with Gasteiger partial charge in [0.2, 0.25) is 5.91 Å². The third kappa shape index (κ3) is 5.64. The van der Waals surface area contributed by atoms with Crippen molar-refractivity contribution in [1.29, 1.82) is 0 Å². The molecule has 0 saturated carbocycles. The molecule has 3 amide bonds. The van der Waals surface area contributed by atoms with Crippen LogP contribution in [-0.2, 0) is 4.79 Å². The summed E-state index contributed by atoms with van der Waals surface area (Å²) < 4.78 is 5.80. The molecular formula is C18H21N3O3. The van der Waals surface area contributed by atoms with Crippen LogP contribution in [-0.4, -0.2) is 25.0 Å². The molecule has 0 saturated heterocycles. The number of hydrogen-bond donors (Lipinski definition) is 3. The summed E-state index contributed by atoms with van der Waals surface area (Å²) in [6, 6.07) is 16.2. The Hall–Kier alpha value is -3.02. The summed E-state index contributed by atoms with van der Waals surface area (Å²) in [6.45, 7) is 2.43. The summed E-state index contributed by atoms with van der Waals surface area (Å²) in [4.78, 5) is 23.2. The Morgan fingerprint density at radius 1 is 1.00 bits per heavy atom. The molecule has 0 aliphatic carbocycles. The third-order valence-corrected chi connectivity index (χ3v) is 3.09. The van der Waals surface area contributed by atoms with E-state index in [1.165, 1.54) is 0 Å². The number of anilines is 1. The molecule has 0 aliphatic rings. The number of para-hydroxylation sites is 3. The molecule has 0 aromatic heterocycles. The number of nitrogens with one attached hydrogen (secondary N) is 3. The van der Waals surface area contributed by atoms with Gasteiger partial charge in [-0.3, -0.25) is 10.1 Å². The number of ether oxygens (including phenoxy) is 1. The molecule has 126 valence electrons. The van der Waals surface area contributed by atoms with E-state index in [1.54, 1.807) is 6.07 Å². The van der Waals surface area contributed by atoms with Crippen LogP contribution in [0, 0.1) is 0 Å². The average molecular weight is 327 g/mol. The molecule has 0 atom stereocenters. The highest BCUT2D eigenvalue weighted by atomic mass is 16.5. The second-order valence-electron chi connectivity index (χ2n) is 5.07. The largest absolute Gasteiger partial charge is 0.455 e. The number of amides is 3. The van der Waals surface area contributed by atoms with Crippen LogP contribution in [0.5, 0.6) is 11.5 Å². The van der Waals surface area contributed by atoms with Crippen molar-refractivity contribution in [2.45, 2.75) is 13.3 Å². The number of hydrogen-bond acceptors (Lipinski definition) is 4. The molecule has 6 nitrogen and oxygen atoms in total. The van der Waals surface area contributed by atoms with E-state index in [0.29, 0.717) is 23.7 Å². The Morgan fingerprint density at radius 2 is 1.71 bits per heavy atom. The van der Waals surface area contributed by atoms with Crippen LogP contribution in [0.4, 0.5) is 10.5 Å². The van der Waals surface area contributed by atoms with Crippen molar-refractivity contribution in [3.63, 3.8) is 0 Å². The van der Waals surface area contributed by atoms with Crippen molar-refractivity contribution in [2.24, 2.45) is 0 Å². The highest BCUT2D eigenvalue weighted by molar-refractivity contribution is 5.96. The second kappa shape index (κ2) is 9.19. The van der Waals surface area contributed by atoms with Crippen LogP contribution in [0.2, 0.25) is 0 Å². The van der Waals surface area contributed by atoms with E-state index in [0.717, 1.165) is 6.42 Å². The smallest absolute Gasteiger partial charge is 0.321 e. The molecular weight excluding hydrogens is 306 g/mol. The van der Waals surface area contributed by atoms with E-state index in [4.69, 9.17) is 4.74 Å². The molecule has 0 fully saturated rings. The molecule has 0 bridgehead atoms. The number of carbonyl (C=O) groups excluding carboxylic acids is 2. The molecule has 2 aromatic carbocycles. The molecule has 0 unspecified atom stereocenters. The first kappa shape index (κ1) is 17.3. The molecule has 0 heterocycles. The van der Waals surface area contributed by atoms with Gasteiger partial charge in [-0.2, -0.15) is 0 Å². The standard InChI is InChI=1S/C18H21N3O3/c1-2-12-19-18(23)21-17(22)13-20-15-10-6-7-11-16(15)24-14-8-4-3-5-9-14/h3-11,20H,2,12-13H2,1H3,(H2,19,21,22,23). The first-order valence-corrected chi connectivity index (χ1v) is 7.82. The van der Waals surface area contributed by atoms with E-state index >= 15 is 0 Å². The maximum absolute atomic E-state index is 11.8. The van der Waals surface area contributed by atoms with Gasteiger partial charge in [0.1, 0.15) is 5.75 Å². The zero-order chi connectivity index (χ0) is 17.2. The summed E-state index contributed by atoms with van der Waals surface area (Å²) >= 11 is 0. The lowest BCUT2D eigenvalue weighted by molar-refractivity contribution is -0.118. The van der Waals surface area contributed by atoms with Crippen LogP contribution in [0.3, 0.4) is 0 Å². The van der Waals surface area contributed by atoms with Crippen molar-refractivity contribution in [3.05, 3.63) is 54.6 Å². The highest BCUT2D eigenvalue weighted by Crippen LogP contribution is 2.28. The van der Waals surface area contributed by atoms with Gasteiger partial charge in [-0.1, -0.05) is 37.3 Å². The van der Waals surface area contributed by atoms with E-state index in [9.17, 15) is 9.59 Å². The minimum atomic E-state index is -0.488. The summed E-state index contributed by atoms with van der Waals surface area (Å²) in [7, 11) is 0. The van der Waals surface area contributed by atoms with Crippen molar-refractivity contribution >= 4 is 17.6 Å². The molecule has 3 N–H and O–H groups in total. The van der Waals surface area contributed by atoms with Crippen molar-refractivity contribution in [2.75, 3.05) is 18.4 Å². The Balaban J connectivity index is 1.91. The van der Waals surface area contributed by atoms with Gasteiger partial charge in [0.05, 0.1) is 12.2 Å². The van der Waals surface area contributed by atoms with E-state index in [1.807, 2.05) is 55.5 Å². The molecule has 2 aromatic rings. The fourth-order valence-electron chi connectivity index (χ4n) is 1.95. The first-order chi connectivity index (χ1) is 11.7. The zero-order valence-corrected chi connectivity index (χ0v) is 13.5. The summed E-state index contributed by atoms with van der Waals surface area (Å²) in [5.41, 5.74) is 0.672. The maximum Gasteiger partial charge on any atom is 0.321 e. The lowest BCUT2D eigenvalue weighted by Crippen LogP contribution is -2.42. The SMILES string of the molecule is CCCNC(=O)NC(=O)CNc1ccccc1Oc1ccccc1. The lowest BCUT2D eigenvalue weighted by Gasteiger charge is -2.13. The fraction of sp³-hybridized carbons (Fsp3) is 0.222. The average Bonchev–Trinajstić information content (AvgIpc) is 2.60. The molecule has 0 aliphatic heterocycles. The number of imide groups is 1. The molecule has 0 radical (unpaired) electrons. The highest BCUT2D eigenvalue weighted by Gasteiger charge is 2.09. The molecule has 24 heavy (non-hydrogen) atoms. The molecule has 0 spiro atoms. The van der Waals surface area contributed by atoms with E-state index in [2.05, 4.69) is 16.0 Å². The minimum absolute atomic E-state index is 0.0330. The number of carbonyl (C=O) groups is 2. The third-order valence-electron chi connectivity index (χ3n) is 3.09. The van der Waals surface area contributed by atoms with Crippen LogP contribution in [0.25, 0.3) is 0 Å². The van der Waals surface area contributed by atoms with Gasteiger partial charge in [-0.15, -0.1) is 0 Å². The van der Waals surface area contributed by atoms with Gasteiger partial charge in [0.15, 0.2) is 5.75 Å². The van der Waals surface area contributed by atoms with Gasteiger partial charge >= 0.3 is 6.03 Å². The van der Waals surface area contributed by atoms with Crippen LogP contribution >= 0.6 is 0 Å². The first-order valence-electron chi connectivity index (χ1n) is 7.82. The van der Waals surface area contributed by atoms with Gasteiger partial charge in [0, 0.05) is 6.54 Å². The lowest BCUT2D eigenvalue weighted by atomic mass is 10.3. The Bertz CT molecular complexity index is 674. The van der Waals surface area contributed by atoms with E-state index < -0.39 is 11.9 Å². The minimum Gasteiger partial charge on any atom is -0.455 e. The van der Waals surface area contributed by atoms with Gasteiger partial charge in [-0.25, -0.2) is 4.79 Å². The summed E-state index contributed by atoms with van der Waals surface area (Å²) in [5.74, 6) is 0.889. The Labute approximate surface area is 141 Å². The van der Waals surface area contributed by atoms with Crippen LogP contribution < -0.4 is 20.7 Å². The van der Waals surface area contributed by atoms with E-state index in [-0.39, 0.29) is 6.54 Å².